The standard InChI is InChI=1S/C17H22N2O2S/c1-11(2)12-6-5-7-13(10-12)17(3,4)19-16(21)18-14-8-9-22-15(14)20/h5-7,10,14H,1,8-9H2,2-4H3,(H2,18,19,21). The van der Waals surface area contributed by atoms with Gasteiger partial charge in [0.25, 0.3) is 0 Å². The molecule has 118 valence electrons. The highest BCUT2D eigenvalue weighted by atomic mass is 32.2. The maximum Gasteiger partial charge on any atom is 0.316 e. The molecule has 2 rings (SSSR count). The summed E-state index contributed by atoms with van der Waals surface area (Å²) in [7, 11) is 0. The smallest absolute Gasteiger partial charge is 0.316 e. The molecule has 0 radical (unpaired) electrons. The number of carbonyl (C=O) groups is 2. The molecule has 1 aliphatic rings. The number of amides is 2. The van der Waals surface area contributed by atoms with Gasteiger partial charge in [0.05, 0.1) is 5.54 Å². The highest BCUT2D eigenvalue weighted by Gasteiger charge is 2.29. The first-order chi connectivity index (χ1) is 10.3. The van der Waals surface area contributed by atoms with Crippen LogP contribution in [0.15, 0.2) is 30.8 Å². The van der Waals surface area contributed by atoms with Gasteiger partial charge in [-0.25, -0.2) is 4.79 Å². The molecule has 0 spiro atoms. The van der Waals surface area contributed by atoms with Crippen molar-refractivity contribution in [3.05, 3.63) is 42.0 Å². The van der Waals surface area contributed by atoms with E-state index in [1.807, 2.05) is 45.0 Å². The minimum atomic E-state index is -0.537. The summed E-state index contributed by atoms with van der Waals surface area (Å²) in [6.07, 6.45) is 0.697. The Hall–Kier alpha value is -1.75. The fourth-order valence-electron chi connectivity index (χ4n) is 2.35. The number of benzene rings is 1. The minimum absolute atomic E-state index is 0.0391. The second-order valence-corrected chi connectivity index (χ2v) is 7.19. The molecule has 1 aromatic rings. The summed E-state index contributed by atoms with van der Waals surface area (Å²) in [4.78, 5) is 23.7. The van der Waals surface area contributed by atoms with Crippen molar-refractivity contribution in [2.75, 3.05) is 5.75 Å². The van der Waals surface area contributed by atoms with Crippen LogP contribution in [0.1, 0.15) is 38.3 Å². The highest BCUT2D eigenvalue weighted by Crippen LogP contribution is 2.24. The number of urea groups is 1. The number of hydrogen-bond acceptors (Lipinski definition) is 3. The van der Waals surface area contributed by atoms with Gasteiger partial charge in [0, 0.05) is 5.75 Å². The fourth-order valence-corrected chi connectivity index (χ4v) is 3.28. The zero-order valence-electron chi connectivity index (χ0n) is 13.2. The topological polar surface area (TPSA) is 58.2 Å². The monoisotopic (exact) mass is 318 g/mol. The summed E-state index contributed by atoms with van der Waals surface area (Å²) in [5.41, 5.74) is 2.49. The van der Waals surface area contributed by atoms with Gasteiger partial charge in [0.15, 0.2) is 0 Å². The molecular formula is C17H22N2O2S. The van der Waals surface area contributed by atoms with E-state index in [1.54, 1.807) is 0 Å². The average Bonchev–Trinajstić information content (AvgIpc) is 2.83. The van der Waals surface area contributed by atoms with Crippen molar-refractivity contribution in [2.45, 2.75) is 38.8 Å². The van der Waals surface area contributed by atoms with Crippen molar-refractivity contribution < 1.29 is 9.59 Å². The third kappa shape index (κ3) is 3.91. The molecule has 1 aromatic carbocycles. The number of nitrogens with one attached hydrogen (secondary N) is 2. The summed E-state index contributed by atoms with van der Waals surface area (Å²) in [5.74, 6) is 0.772. The van der Waals surface area contributed by atoms with E-state index in [-0.39, 0.29) is 17.2 Å². The largest absolute Gasteiger partial charge is 0.329 e. The molecule has 0 aromatic heterocycles. The van der Waals surface area contributed by atoms with Crippen molar-refractivity contribution >= 4 is 28.5 Å². The molecule has 1 atom stereocenters. The van der Waals surface area contributed by atoms with Gasteiger partial charge in [-0.3, -0.25) is 4.79 Å². The quantitative estimate of drug-likeness (QED) is 0.895. The lowest BCUT2D eigenvalue weighted by Crippen LogP contribution is -2.50. The molecular weight excluding hydrogens is 296 g/mol. The molecule has 0 aliphatic carbocycles. The second kappa shape index (κ2) is 6.57. The van der Waals surface area contributed by atoms with Crippen molar-refractivity contribution in [1.29, 1.82) is 0 Å². The van der Waals surface area contributed by atoms with Gasteiger partial charge in [0.2, 0.25) is 5.12 Å². The Bertz CT molecular complexity index is 610. The van der Waals surface area contributed by atoms with Gasteiger partial charge >= 0.3 is 6.03 Å². The van der Waals surface area contributed by atoms with Gasteiger partial charge in [-0.2, -0.15) is 0 Å². The molecule has 1 aliphatic heterocycles. The van der Waals surface area contributed by atoms with Gasteiger partial charge in [-0.1, -0.05) is 42.1 Å². The molecule has 0 saturated carbocycles. The number of rotatable bonds is 4. The third-order valence-electron chi connectivity index (χ3n) is 3.74. The molecule has 1 fully saturated rings. The zero-order valence-corrected chi connectivity index (χ0v) is 14.0. The molecule has 1 saturated heterocycles. The van der Waals surface area contributed by atoms with Gasteiger partial charge < -0.3 is 10.6 Å². The SMILES string of the molecule is C=C(C)c1cccc(C(C)(C)NC(=O)NC2CCSC2=O)c1. The molecule has 0 bridgehead atoms. The molecule has 1 unspecified atom stereocenters. The summed E-state index contributed by atoms with van der Waals surface area (Å²) in [6, 6.07) is 7.27. The number of hydrogen-bond donors (Lipinski definition) is 2. The van der Waals surface area contributed by atoms with Gasteiger partial charge in [-0.05, 0) is 44.4 Å². The maximum atomic E-state index is 12.2. The molecule has 2 amide bonds. The number of thioether (sulfide) groups is 1. The van der Waals surface area contributed by atoms with E-state index in [0.717, 1.165) is 22.5 Å². The lowest BCUT2D eigenvalue weighted by atomic mass is 9.92. The van der Waals surface area contributed by atoms with Crippen LogP contribution in [0, 0.1) is 0 Å². The lowest BCUT2D eigenvalue weighted by molar-refractivity contribution is -0.112. The van der Waals surface area contributed by atoms with E-state index in [4.69, 9.17) is 0 Å². The summed E-state index contributed by atoms with van der Waals surface area (Å²) in [6.45, 7) is 9.78. The van der Waals surface area contributed by atoms with E-state index < -0.39 is 5.54 Å². The van der Waals surface area contributed by atoms with E-state index in [1.165, 1.54) is 11.8 Å². The first kappa shape index (κ1) is 16.6. The van der Waals surface area contributed by atoms with Crippen LogP contribution in [0.2, 0.25) is 0 Å². The van der Waals surface area contributed by atoms with E-state index in [2.05, 4.69) is 17.2 Å². The Morgan fingerprint density at radius 3 is 2.73 bits per heavy atom. The molecule has 5 heteroatoms. The number of allylic oxidation sites excluding steroid dienone is 1. The van der Waals surface area contributed by atoms with Crippen LogP contribution < -0.4 is 10.6 Å². The Labute approximate surface area is 135 Å². The summed E-state index contributed by atoms with van der Waals surface area (Å²) >= 11 is 1.28. The van der Waals surface area contributed by atoms with Gasteiger partial charge in [-0.15, -0.1) is 0 Å². The highest BCUT2D eigenvalue weighted by molar-refractivity contribution is 8.14. The lowest BCUT2D eigenvalue weighted by Gasteiger charge is -2.28. The van der Waals surface area contributed by atoms with Crippen LogP contribution in [-0.2, 0) is 10.3 Å². The summed E-state index contributed by atoms with van der Waals surface area (Å²) < 4.78 is 0. The van der Waals surface area contributed by atoms with Gasteiger partial charge in [0.1, 0.15) is 6.04 Å². The third-order valence-corrected chi connectivity index (χ3v) is 4.75. The van der Waals surface area contributed by atoms with Crippen LogP contribution in [-0.4, -0.2) is 22.9 Å². The van der Waals surface area contributed by atoms with Crippen LogP contribution in [0.4, 0.5) is 4.79 Å². The van der Waals surface area contributed by atoms with Crippen LogP contribution in [0.3, 0.4) is 0 Å². The van der Waals surface area contributed by atoms with Crippen molar-refractivity contribution in [1.82, 2.24) is 10.6 Å². The Balaban J connectivity index is 2.06. The first-order valence-corrected chi connectivity index (χ1v) is 8.30. The van der Waals surface area contributed by atoms with E-state index in [0.29, 0.717) is 6.42 Å². The Morgan fingerprint density at radius 1 is 1.41 bits per heavy atom. The van der Waals surface area contributed by atoms with Crippen molar-refractivity contribution in [3.8, 4) is 0 Å². The fraction of sp³-hybridized carbons (Fsp3) is 0.412. The van der Waals surface area contributed by atoms with E-state index >= 15 is 0 Å². The van der Waals surface area contributed by atoms with E-state index in [9.17, 15) is 9.59 Å². The Morgan fingerprint density at radius 2 is 2.14 bits per heavy atom. The molecule has 4 nitrogen and oxygen atoms in total. The van der Waals surface area contributed by atoms with Crippen LogP contribution in [0.25, 0.3) is 5.57 Å². The normalized spacial score (nSPS) is 18.1. The van der Waals surface area contributed by atoms with Crippen molar-refractivity contribution in [2.24, 2.45) is 0 Å². The minimum Gasteiger partial charge on any atom is -0.329 e. The summed E-state index contributed by atoms with van der Waals surface area (Å²) in [5, 5.41) is 5.74. The van der Waals surface area contributed by atoms with Crippen LogP contribution >= 0.6 is 11.8 Å². The average molecular weight is 318 g/mol. The van der Waals surface area contributed by atoms with Crippen molar-refractivity contribution in [3.63, 3.8) is 0 Å². The zero-order chi connectivity index (χ0) is 16.3. The molecule has 1 heterocycles. The molecule has 2 N–H and O–H groups in total. The Kier molecular flexibility index (Phi) is 4.96. The predicted molar refractivity (Wildman–Crippen MR) is 91.7 cm³/mol. The predicted octanol–water partition coefficient (Wildman–Crippen LogP) is 3.29. The first-order valence-electron chi connectivity index (χ1n) is 7.31. The maximum absolute atomic E-state index is 12.2. The second-order valence-electron chi connectivity index (χ2n) is 6.09. The number of carbonyl (C=O) groups excluding carboxylic acids is 2. The van der Waals surface area contributed by atoms with Crippen LogP contribution in [0.5, 0.6) is 0 Å². The molecule has 22 heavy (non-hydrogen) atoms.